The maximum atomic E-state index is 11.0. The average molecular weight is 255 g/mol. The standard InChI is InChI=1S/C11H13NO6/c1-7(13)18-8-4-5-9(15-2)12-11(8)17-6-10(14)16-3/h4-5H,6H2,1-3H3. The second-order valence-corrected chi connectivity index (χ2v) is 3.12. The number of carbonyl (C=O) groups excluding carboxylic acids is 2. The second-order valence-electron chi connectivity index (χ2n) is 3.12. The third-order valence-electron chi connectivity index (χ3n) is 1.82. The van der Waals surface area contributed by atoms with Crippen molar-refractivity contribution in [3.63, 3.8) is 0 Å². The molecule has 0 atom stereocenters. The zero-order valence-corrected chi connectivity index (χ0v) is 10.3. The van der Waals surface area contributed by atoms with Crippen molar-refractivity contribution in [3.05, 3.63) is 12.1 Å². The molecule has 0 aromatic carbocycles. The van der Waals surface area contributed by atoms with E-state index in [1.807, 2.05) is 0 Å². The highest BCUT2D eigenvalue weighted by Gasteiger charge is 2.13. The molecule has 0 unspecified atom stereocenters. The average Bonchev–Trinajstić information content (AvgIpc) is 2.36. The summed E-state index contributed by atoms with van der Waals surface area (Å²) >= 11 is 0. The van der Waals surface area contributed by atoms with E-state index in [9.17, 15) is 9.59 Å². The van der Waals surface area contributed by atoms with Gasteiger partial charge in [-0.1, -0.05) is 0 Å². The SMILES string of the molecule is COC(=O)COc1nc(OC)ccc1OC(C)=O. The Kier molecular flexibility index (Phi) is 4.91. The van der Waals surface area contributed by atoms with Crippen LogP contribution in [0, 0.1) is 0 Å². The molecule has 98 valence electrons. The summed E-state index contributed by atoms with van der Waals surface area (Å²) in [6.45, 7) is 0.902. The molecule has 1 heterocycles. The minimum absolute atomic E-state index is 0.0186. The van der Waals surface area contributed by atoms with E-state index >= 15 is 0 Å². The van der Waals surface area contributed by atoms with Crippen LogP contribution < -0.4 is 14.2 Å². The Bertz CT molecular complexity index is 445. The van der Waals surface area contributed by atoms with Gasteiger partial charge in [-0.05, 0) is 6.07 Å². The van der Waals surface area contributed by atoms with Crippen LogP contribution in [0.3, 0.4) is 0 Å². The Morgan fingerprint density at radius 3 is 2.56 bits per heavy atom. The molecule has 1 aromatic rings. The molecule has 0 radical (unpaired) electrons. The maximum absolute atomic E-state index is 11.0. The fraction of sp³-hybridized carbons (Fsp3) is 0.364. The Morgan fingerprint density at radius 2 is 2.00 bits per heavy atom. The Hall–Kier alpha value is -2.31. The minimum Gasteiger partial charge on any atom is -0.481 e. The highest BCUT2D eigenvalue weighted by Crippen LogP contribution is 2.27. The van der Waals surface area contributed by atoms with Gasteiger partial charge in [0.1, 0.15) is 0 Å². The van der Waals surface area contributed by atoms with Gasteiger partial charge in [-0.2, -0.15) is 4.98 Å². The highest BCUT2D eigenvalue weighted by atomic mass is 16.6. The van der Waals surface area contributed by atoms with E-state index in [1.54, 1.807) is 0 Å². The van der Waals surface area contributed by atoms with E-state index in [0.717, 1.165) is 0 Å². The molecule has 0 N–H and O–H groups in total. The largest absolute Gasteiger partial charge is 0.481 e. The van der Waals surface area contributed by atoms with Crippen molar-refractivity contribution in [1.29, 1.82) is 0 Å². The molecule has 18 heavy (non-hydrogen) atoms. The number of rotatable bonds is 5. The molecule has 7 heteroatoms. The predicted octanol–water partition coefficient (Wildman–Crippen LogP) is 0.567. The second kappa shape index (κ2) is 6.43. The number of esters is 2. The van der Waals surface area contributed by atoms with Crippen LogP contribution >= 0.6 is 0 Å². The number of hydrogen-bond acceptors (Lipinski definition) is 7. The number of pyridine rings is 1. The van der Waals surface area contributed by atoms with E-state index in [0.29, 0.717) is 0 Å². The molecular formula is C11H13NO6. The van der Waals surface area contributed by atoms with Crippen molar-refractivity contribution in [1.82, 2.24) is 4.98 Å². The molecule has 0 amide bonds. The van der Waals surface area contributed by atoms with E-state index in [2.05, 4.69) is 9.72 Å². The van der Waals surface area contributed by atoms with Crippen LogP contribution in [0.2, 0.25) is 0 Å². The van der Waals surface area contributed by atoms with E-state index in [1.165, 1.54) is 33.3 Å². The number of nitrogens with zero attached hydrogens (tertiary/aromatic N) is 1. The summed E-state index contributed by atoms with van der Waals surface area (Å²) in [5.41, 5.74) is 0. The van der Waals surface area contributed by atoms with Gasteiger partial charge in [-0.3, -0.25) is 4.79 Å². The van der Waals surface area contributed by atoms with Crippen LogP contribution in [0.1, 0.15) is 6.92 Å². The van der Waals surface area contributed by atoms with Crippen LogP contribution in [0.15, 0.2) is 12.1 Å². The number of methoxy groups -OCH3 is 2. The molecule has 0 aliphatic carbocycles. The van der Waals surface area contributed by atoms with Gasteiger partial charge in [-0.15, -0.1) is 0 Å². The third kappa shape index (κ3) is 3.93. The van der Waals surface area contributed by atoms with Gasteiger partial charge in [0.05, 0.1) is 14.2 Å². The fourth-order valence-corrected chi connectivity index (χ4v) is 1.05. The lowest BCUT2D eigenvalue weighted by Crippen LogP contribution is -2.14. The van der Waals surface area contributed by atoms with Gasteiger partial charge >= 0.3 is 11.9 Å². The van der Waals surface area contributed by atoms with Crippen LogP contribution in [0.25, 0.3) is 0 Å². The molecular weight excluding hydrogens is 242 g/mol. The van der Waals surface area contributed by atoms with Gasteiger partial charge in [0.2, 0.25) is 5.88 Å². The minimum atomic E-state index is -0.576. The summed E-state index contributed by atoms with van der Waals surface area (Å²) in [5.74, 6) is -0.744. The molecule has 0 saturated carbocycles. The first-order valence-electron chi connectivity index (χ1n) is 5.00. The van der Waals surface area contributed by atoms with Crippen molar-refractivity contribution in [2.45, 2.75) is 6.92 Å². The van der Waals surface area contributed by atoms with Gasteiger partial charge in [0.15, 0.2) is 12.4 Å². The van der Waals surface area contributed by atoms with E-state index < -0.39 is 11.9 Å². The summed E-state index contributed by atoms with van der Waals surface area (Å²) in [5, 5.41) is 0. The lowest BCUT2D eigenvalue weighted by atomic mass is 10.4. The number of carbonyl (C=O) groups is 2. The maximum Gasteiger partial charge on any atom is 0.343 e. The molecule has 0 saturated heterocycles. The summed E-state index contributed by atoms with van der Waals surface area (Å²) in [6.07, 6.45) is 0. The first-order valence-corrected chi connectivity index (χ1v) is 5.00. The predicted molar refractivity (Wildman–Crippen MR) is 59.6 cm³/mol. The summed E-state index contributed by atoms with van der Waals surface area (Å²) < 4.78 is 19.3. The molecule has 7 nitrogen and oxygen atoms in total. The van der Waals surface area contributed by atoms with Gasteiger partial charge in [0, 0.05) is 13.0 Å². The fourth-order valence-electron chi connectivity index (χ4n) is 1.05. The Morgan fingerprint density at radius 1 is 1.28 bits per heavy atom. The van der Waals surface area contributed by atoms with Crippen LogP contribution in [-0.2, 0) is 14.3 Å². The molecule has 0 aliphatic heterocycles. The Balaban J connectivity index is 2.88. The zero-order chi connectivity index (χ0) is 13.5. The van der Waals surface area contributed by atoms with Gasteiger partial charge in [0.25, 0.3) is 5.88 Å². The Labute approximate surface area is 104 Å². The quantitative estimate of drug-likeness (QED) is 0.711. The molecule has 0 bridgehead atoms. The molecule has 0 aliphatic rings. The summed E-state index contributed by atoms with van der Waals surface area (Å²) in [7, 11) is 2.66. The molecule has 1 rings (SSSR count). The molecule has 0 fully saturated rings. The van der Waals surface area contributed by atoms with E-state index in [4.69, 9.17) is 14.2 Å². The van der Waals surface area contributed by atoms with Crippen LogP contribution in [-0.4, -0.2) is 37.7 Å². The van der Waals surface area contributed by atoms with Gasteiger partial charge in [-0.25, -0.2) is 4.79 Å². The van der Waals surface area contributed by atoms with E-state index in [-0.39, 0.29) is 24.1 Å². The smallest absolute Gasteiger partial charge is 0.343 e. The summed E-state index contributed by atoms with van der Waals surface area (Å²) in [6, 6.07) is 2.96. The van der Waals surface area contributed by atoms with Crippen molar-refractivity contribution in [3.8, 4) is 17.5 Å². The van der Waals surface area contributed by atoms with Crippen molar-refractivity contribution >= 4 is 11.9 Å². The van der Waals surface area contributed by atoms with Crippen LogP contribution in [0.4, 0.5) is 0 Å². The number of hydrogen-bond donors (Lipinski definition) is 0. The normalized spacial score (nSPS) is 9.50. The molecule has 0 spiro atoms. The zero-order valence-electron chi connectivity index (χ0n) is 10.3. The topological polar surface area (TPSA) is 84.0 Å². The summed E-state index contributed by atoms with van der Waals surface area (Å²) in [4.78, 5) is 25.8. The first-order chi connectivity index (χ1) is 8.56. The van der Waals surface area contributed by atoms with Gasteiger partial charge < -0.3 is 18.9 Å². The lowest BCUT2D eigenvalue weighted by molar-refractivity contribution is -0.143. The lowest BCUT2D eigenvalue weighted by Gasteiger charge is -2.10. The van der Waals surface area contributed by atoms with Crippen LogP contribution in [0.5, 0.6) is 17.5 Å². The van der Waals surface area contributed by atoms with Crippen molar-refractivity contribution in [2.75, 3.05) is 20.8 Å². The molecule has 1 aromatic heterocycles. The first kappa shape index (κ1) is 13.8. The monoisotopic (exact) mass is 255 g/mol. The third-order valence-corrected chi connectivity index (χ3v) is 1.82. The number of aromatic nitrogens is 1. The van der Waals surface area contributed by atoms with Crippen molar-refractivity contribution < 1.29 is 28.5 Å². The number of ether oxygens (including phenoxy) is 4. The highest BCUT2D eigenvalue weighted by molar-refractivity contribution is 5.71. The van der Waals surface area contributed by atoms with Crippen molar-refractivity contribution in [2.24, 2.45) is 0 Å².